The van der Waals surface area contributed by atoms with E-state index < -0.39 is 0 Å². The molecule has 1 heterocycles. The van der Waals surface area contributed by atoms with E-state index in [-0.39, 0.29) is 5.91 Å². The van der Waals surface area contributed by atoms with Gasteiger partial charge in [0.15, 0.2) is 0 Å². The average molecular weight is 404 g/mol. The van der Waals surface area contributed by atoms with Crippen molar-refractivity contribution in [3.63, 3.8) is 0 Å². The van der Waals surface area contributed by atoms with Gasteiger partial charge in [-0.25, -0.2) is 0 Å². The molecular weight excluding hydrogens is 386 g/mol. The molecule has 27 heavy (non-hydrogen) atoms. The predicted octanol–water partition coefficient (Wildman–Crippen LogP) is 4.66. The normalized spacial score (nSPS) is 10.4. The van der Waals surface area contributed by atoms with Crippen LogP contribution in [0.15, 0.2) is 48.5 Å². The summed E-state index contributed by atoms with van der Waals surface area (Å²) in [5.41, 5.74) is 0.908. The Morgan fingerprint density at radius 1 is 1.07 bits per heavy atom. The third-order valence-corrected chi connectivity index (χ3v) is 4.78. The molecule has 140 valence electrons. The van der Waals surface area contributed by atoms with Crippen molar-refractivity contribution in [1.29, 1.82) is 0 Å². The van der Waals surface area contributed by atoms with Gasteiger partial charge in [0, 0.05) is 17.0 Å². The van der Waals surface area contributed by atoms with Crippen molar-refractivity contribution in [3.8, 4) is 22.1 Å². The largest absolute Gasteiger partial charge is 0.497 e. The first-order valence-corrected chi connectivity index (χ1v) is 9.49. The first-order chi connectivity index (χ1) is 13.1. The van der Waals surface area contributed by atoms with Crippen LogP contribution < -0.4 is 14.8 Å². The molecule has 2 aromatic carbocycles. The summed E-state index contributed by atoms with van der Waals surface area (Å²) in [6.07, 6.45) is 0.937. The fourth-order valence-corrected chi connectivity index (χ4v) is 3.15. The SMILES string of the molecule is COc1ccc(OCCCC(=O)Nc2nnc(-c3ccc(Cl)cc3)s2)cc1. The number of hydrogen-bond acceptors (Lipinski definition) is 6. The summed E-state index contributed by atoms with van der Waals surface area (Å²) in [4.78, 5) is 12.0. The highest BCUT2D eigenvalue weighted by Gasteiger charge is 2.10. The fourth-order valence-electron chi connectivity index (χ4n) is 2.26. The number of aromatic nitrogens is 2. The molecule has 0 aliphatic heterocycles. The average Bonchev–Trinajstić information content (AvgIpc) is 3.14. The molecule has 3 aromatic rings. The molecule has 0 bridgehead atoms. The van der Waals surface area contributed by atoms with Crippen molar-refractivity contribution in [1.82, 2.24) is 10.2 Å². The van der Waals surface area contributed by atoms with Gasteiger partial charge in [0.2, 0.25) is 11.0 Å². The molecule has 0 saturated heterocycles. The van der Waals surface area contributed by atoms with Crippen LogP contribution in [0, 0.1) is 0 Å². The number of methoxy groups -OCH3 is 1. The first kappa shape index (κ1) is 19.1. The lowest BCUT2D eigenvalue weighted by Crippen LogP contribution is -2.12. The molecule has 1 aromatic heterocycles. The summed E-state index contributed by atoms with van der Waals surface area (Å²) in [5.74, 6) is 1.40. The molecule has 0 spiro atoms. The van der Waals surface area contributed by atoms with Gasteiger partial charge in [0.1, 0.15) is 16.5 Å². The van der Waals surface area contributed by atoms with Gasteiger partial charge in [-0.3, -0.25) is 4.79 Å². The summed E-state index contributed by atoms with van der Waals surface area (Å²) in [5, 5.41) is 12.7. The predicted molar refractivity (Wildman–Crippen MR) is 107 cm³/mol. The van der Waals surface area contributed by atoms with E-state index >= 15 is 0 Å². The number of halogens is 1. The zero-order chi connectivity index (χ0) is 19.1. The molecule has 0 aliphatic carbocycles. The summed E-state index contributed by atoms with van der Waals surface area (Å²) in [6, 6.07) is 14.6. The molecule has 0 fully saturated rings. The maximum Gasteiger partial charge on any atom is 0.226 e. The van der Waals surface area contributed by atoms with Gasteiger partial charge in [0.05, 0.1) is 13.7 Å². The van der Waals surface area contributed by atoms with Crippen LogP contribution in [0.25, 0.3) is 10.6 Å². The highest BCUT2D eigenvalue weighted by molar-refractivity contribution is 7.18. The standard InChI is InChI=1S/C19H18ClN3O3S/c1-25-15-8-10-16(11-9-15)26-12-2-3-17(24)21-19-23-22-18(27-19)13-4-6-14(20)7-5-13/h4-11H,2-3,12H2,1H3,(H,21,23,24). The number of amides is 1. The van der Waals surface area contributed by atoms with Crippen molar-refractivity contribution < 1.29 is 14.3 Å². The Balaban J connectivity index is 1.42. The number of hydrogen-bond donors (Lipinski definition) is 1. The second kappa shape index (κ2) is 9.34. The second-order valence-corrected chi connectivity index (χ2v) is 7.01. The highest BCUT2D eigenvalue weighted by Crippen LogP contribution is 2.27. The highest BCUT2D eigenvalue weighted by atomic mass is 35.5. The lowest BCUT2D eigenvalue weighted by molar-refractivity contribution is -0.116. The van der Waals surface area contributed by atoms with E-state index in [0.717, 1.165) is 22.1 Å². The maximum atomic E-state index is 12.0. The number of carbonyl (C=O) groups excluding carboxylic acids is 1. The Hall–Kier alpha value is -2.64. The monoisotopic (exact) mass is 403 g/mol. The van der Waals surface area contributed by atoms with E-state index in [4.69, 9.17) is 21.1 Å². The number of nitrogens with one attached hydrogen (secondary N) is 1. The quantitative estimate of drug-likeness (QED) is 0.553. The van der Waals surface area contributed by atoms with E-state index in [2.05, 4.69) is 15.5 Å². The zero-order valence-corrected chi connectivity index (χ0v) is 16.2. The van der Waals surface area contributed by atoms with Crippen LogP contribution in [0.4, 0.5) is 5.13 Å². The van der Waals surface area contributed by atoms with Crippen LogP contribution >= 0.6 is 22.9 Å². The molecule has 0 atom stereocenters. The van der Waals surface area contributed by atoms with Crippen LogP contribution in [-0.2, 0) is 4.79 Å². The minimum absolute atomic E-state index is 0.118. The van der Waals surface area contributed by atoms with Gasteiger partial charge < -0.3 is 14.8 Å². The van der Waals surface area contributed by atoms with Crippen molar-refractivity contribution >= 4 is 34.0 Å². The number of ether oxygens (including phenoxy) is 2. The smallest absolute Gasteiger partial charge is 0.226 e. The van der Waals surface area contributed by atoms with Gasteiger partial charge in [-0.05, 0) is 42.8 Å². The first-order valence-electron chi connectivity index (χ1n) is 8.30. The third-order valence-electron chi connectivity index (χ3n) is 3.64. The van der Waals surface area contributed by atoms with E-state index in [1.54, 1.807) is 19.2 Å². The van der Waals surface area contributed by atoms with Crippen LogP contribution in [0.2, 0.25) is 5.02 Å². The minimum Gasteiger partial charge on any atom is -0.497 e. The van der Waals surface area contributed by atoms with Crippen LogP contribution in [0.3, 0.4) is 0 Å². The van der Waals surface area contributed by atoms with Gasteiger partial charge in [-0.1, -0.05) is 35.1 Å². The molecule has 1 N–H and O–H groups in total. The molecular formula is C19H18ClN3O3S. The Bertz CT molecular complexity index is 882. The molecule has 0 radical (unpaired) electrons. The number of benzene rings is 2. The number of carbonyl (C=O) groups is 1. The summed E-state index contributed by atoms with van der Waals surface area (Å²) >= 11 is 7.20. The van der Waals surface area contributed by atoms with Crippen molar-refractivity contribution in [3.05, 3.63) is 53.6 Å². The van der Waals surface area contributed by atoms with Gasteiger partial charge in [0.25, 0.3) is 0 Å². The second-order valence-electron chi connectivity index (χ2n) is 5.59. The topological polar surface area (TPSA) is 73.3 Å². The lowest BCUT2D eigenvalue weighted by atomic mass is 10.2. The van der Waals surface area contributed by atoms with E-state index in [0.29, 0.717) is 29.6 Å². The Morgan fingerprint density at radius 3 is 2.48 bits per heavy atom. The number of nitrogens with zero attached hydrogens (tertiary/aromatic N) is 2. The summed E-state index contributed by atoms with van der Waals surface area (Å²) < 4.78 is 10.7. The molecule has 8 heteroatoms. The number of rotatable bonds is 8. The molecule has 0 aliphatic rings. The van der Waals surface area contributed by atoms with Crippen LogP contribution in [0.1, 0.15) is 12.8 Å². The number of anilines is 1. The lowest BCUT2D eigenvalue weighted by Gasteiger charge is -2.06. The fraction of sp³-hybridized carbons (Fsp3) is 0.211. The van der Waals surface area contributed by atoms with Crippen molar-refractivity contribution in [2.45, 2.75) is 12.8 Å². The van der Waals surface area contributed by atoms with Crippen LogP contribution in [0.5, 0.6) is 11.5 Å². The molecule has 0 unspecified atom stereocenters. The van der Waals surface area contributed by atoms with Crippen molar-refractivity contribution in [2.75, 3.05) is 19.0 Å². The van der Waals surface area contributed by atoms with E-state index in [1.165, 1.54) is 11.3 Å². The zero-order valence-electron chi connectivity index (χ0n) is 14.6. The maximum absolute atomic E-state index is 12.0. The summed E-state index contributed by atoms with van der Waals surface area (Å²) in [6.45, 7) is 0.450. The Labute approximate surface area is 166 Å². The Kier molecular flexibility index (Phi) is 6.62. The van der Waals surface area contributed by atoms with Crippen LogP contribution in [-0.4, -0.2) is 29.8 Å². The molecule has 6 nitrogen and oxygen atoms in total. The van der Waals surface area contributed by atoms with Gasteiger partial charge in [-0.2, -0.15) is 0 Å². The molecule has 0 saturated carbocycles. The van der Waals surface area contributed by atoms with Crippen molar-refractivity contribution in [2.24, 2.45) is 0 Å². The molecule has 3 rings (SSSR count). The molecule has 1 amide bonds. The van der Waals surface area contributed by atoms with Gasteiger partial charge >= 0.3 is 0 Å². The Morgan fingerprint density at radius 2 is 1.78 bits per heavy atom. The van der Waals surface area contributed by atoms with E-state index in [1.807, 2.05) is 36.4 Å². The van der Waals surface area contributed by atoms with Gasteiger partial charge in [-0.15, -0.1) is 10.2 Å². The summed E-state index contributed by atoms with van der Waals surface area (Å²) in [7, 11) is 1.62. The minimum atomic E-state index is -0.118. The third kappa shape index (κ3) is 5.67. The van der Waals surface area contributed by atoms with E-state index in [9.17, 15) is 4.79 Å².